The van der Waals surface area contributed by atoms with Gasteiger partial charge in [-0.1, -0.05) is 41.9 Å². The third-order valence-electron chi connectivity index (χ3n) is 4.62. The van der Waals surface area contributed by atoms with E-state index in [4.69, 9.17) is 23.8 Å². The van der Waals surface area contributed by atoms with E-state index in [2.05, 4.69) is 10.3 Å². The molecule has 30 heavy (non-hydrogen) atoms. The Morgan fingerprint density at radius 1 is 1.10 bits per heavy atom. The summed E-state index contributed by atoms with van der Waals surface area (Å²) in [5.74, 6) is -0.857. The van der Waals surface area contributed by atoms with Crippen LogP contribution in [0.3, 0.4) is 0 Å². The van der Waals surface area contributed by atoms with Crippen LogP contribution in [-0.4, -0.2) is 15.5 Å². The zero-order valence-corrected chi connectivity index (χ0v) is 17.1. The Hall–Kier alpha value is -3.29. The summed E-state index contributed by atoms with van der Waals surface area (Å²) in [6.07, 6.45) is 0. The number of amides is 1. The van der Waals surface area contributed by atoms with Crippen LogP contribution in [0.1, 0.15) is 15.9 Å². The largest absolute Gasteiger partial charge is 0.348 e. The van der Waals surface area contributed by atoms with E-state index in [9.17, 15) is 14.0 Å². The van der Waals surface area contributed by atoms with E-state index in [0.717, 1.165) is 5.56 Å². The Bertz CT molecular complexity index is 1380. The number of H-pyrrole nitrogens is 1. The van der Waals surface area contributed by atoms with Gasteiger partial charge < -0.3 is 10.3 Å². The van der Waals surface area contributed by atoms with Crippen molar-refractivity contribution >= 4 is 40.6 Å². The molecule has 0 unspecified atom stereocenters. The van der Waals surface area contributed by atoms with Crippen LogP contribution in [0.2, 0.25) is 5.02 Å². The van der Waals surface area contributed by atoms with Crippen molar-refractivity contribution in [2.45, 2.75) is 6.54 Å². The summed E-state index contributed by atoms with van der Waals surface area (Å²) in [4.78, 5) is 28.4. The fourth-order valence-electron chi connectivity index (χ4n) is 3.10. The number of nitrogens with one attached hydrogen (secondary N) is 2. The van der Waals surface area contributed by atoms with E-state index in [1.54, 1.807) is 18.2 Å². The number of aromatic amines is 1. The van der Waals surface area contributed by atoms with Gasteiger partial charge in [0.2, 0.25) is 0 Å². The lowest BCUT2D eigenvalue weighted by Gasteiger charge is -2.10. The van der Waals surface area contributed by atoms with Gasteiger partial charge in [0.25, 0.3) is 11.5 Å². The highest BCUT2D eigenvalue weighted by atomic mass is 35.5. The molecule has 0 radical (unpaired) electrons. The van der Waals surface area contributed by atoms with Gasteiger partial charge in [0.1, 0.15) is 5.82 Å². The molecule has 4 rings (SSSR count). The van der Waals surface area contributed by atoms with Crippen molar-refractivity contribution < 1.29 is 9.18 Å². The van der Waals surface area contributed by atoms with Gasteiger partial charge in [-0.25, -0.2) is 4.39 Å². The molecule has 0 fully saturated rings. The standard InChI is InChI=1S/C22H15ClFN3O2S/c23-17-11-15(7-9-18(17)24)27-21(29)16-8-6-14(10-19(16)26-22(27)30)20(28)25-12-13-4-2-1-3-5-13/h1-11H,12H2,(H,25,28)(H,26,30). The van der Waals surface area contributed by atoms with Crippen molar-refractivity contribution in [3.63, 3.8) is 0 Å². The lowest BCUT2D eigenvalue weighted by molar-refractivity contribution is 0.0951. The first-order valence-corrected chi connectivity index (χ1v) is 9.79. The lowest BCUT2D eigenvalue weighted by Crippen LogP contribution is -2.24. The van der Waals surface area contributed by atoms with Crippen molar-refractivity contribution in [3.05, 3.63) is 104 Å². The summed E-state index contributed by atoms with van der Waals surface area (Å²) >= 11 is 11.2. The molecule has 8 heteroatoms. The maximum Gasteiger partial charge on any atom is 0.266 e. The van der Waals surface area contributed by atoms with Crippen LogP contribution in [-0.2, 0) is 6.54 Å². The SMILES string of the molecule is O=C(NCc1ccccc1)c1ccc2c(=O)n(-c3ccc(F)c(Cl)c3)c(=S)[nH]c2c1. The number of halogens is 2. The summed E-state index contributed by atoms with van der Waals surface area (Å²) in [5.41, 5.74) is 1.76. The molecule has 1 amide bonds. The van der Waals surface area contributed by atoms with Gasteiger partial charge in [0.15, 0.2) is 4.77 Å². The summed E-state index contributed by atoms with van der Waals surface area (Å²) in [5, 5.41) is 3.07. The molecule has 0 aliphatic carbocycles. The van der Waals surface area contributed by atoms with Crippen LogP contribution >= 0.6 is 23.8 Å². The predicted octanol–water partition coefficient (Wildman–Crippen LogP) is 4.77. The zero-order chi connectivity index (χ0) is 21.3. The van der Waals surface area contributed by atoms with Crippen LogP contribution in [0.25, 0.3) is 16.6 Å². The minimum Gasteiger partial charge on any atom is -0.348 e. The molecule has 0 spiro atoms. The molecule has 0 aliphatic heterocycles. The third kappa shape index (κ3) is 3.90. The molecule has 5 nitrogen and oxygen atoms in total. The Morgan fingerprint density at radius 2 is 1.87 bits per heavy atom. The van der Waals surface area contributed by atoms with E-state index in [1.807, 2.05) is 30.3 Å². The summed E-state index contributed by atoms with van der Waals surface area (Å²) < 4.78 is 14.8. The molecule has 1 heterocycles. The van der Waals surface area contributed by atoms with Crippen LogP contribution in [0.4, 0.5) is 4.39 Å². The summed E-state index contributed by atoms with van der Waals surface area (Å²) in [7, 11) is 0. The molecular formula is C22H15ClFN3O2S. The number of carbonyl (C=O) groups is 1. The zero-order valence-electron chi connectivity index (χ0n) is 15.5. The summed E-state index contributed by atoms with van der Waals surface area (Å²) in [6.45, 7) is 0.390. The molecule has 1 aromatic heterocycles. The lowest BCUT2D eigenvalue weighted by atomic mass is 10.1. The first-order valence-electron chi connectivity index (χ1n) is 9.01. The van der Waals surface area contributed by atoms with E-state index in [-0.39, 0.29) is 15.7 Å². The number of rotatable bonds is 4. The Kier molecular flexibility index (Phi) is 5.48. The number of hydrogen-bond acceptors (Lipinski definition) is 3. The van der Waals surface area contributed by atoms with Crippen molar-refractivity contribution in [3.8, 4) is 5.69 Å². The molecule has 2 N–H and O–H groups in total. The average molecular weight is 440 g/mol. The molecule has 0 aliphatic rings. The monoisotopic (exact) mass is 439 g/mol. The minimum atomic E-state index is -0.588. The Morgan fingerprint density at radius 3 is 2.60 bits per heavy atom. The second-order valence-electron chi connectivity index (χ2n) is 6.60. The normalized spacial score (nSPS) is 10.9. The van der Waals surface area contributed by atoms with Gasteiger partial charge in [-0.2, -0.15) is 0 Å². The number of hydrogen-bond donors (Lipinski definition) is 2. The molecule has 4 aromatic rings. The molecule has 150 valence electrons. The molecule has 3 aromatic carbocycles. The van der Waals surface area contributed by atoms with Gasteiger partial charge >= 0.3 is 0 Å². The smallest absolute Gasteiger partial charge is 0.266 e. The van der Waals surface area contributed by atoms with Crippen LogP contribution in [0.15, 0.2) is 71.5 Å². The van der Waals surface area contributed by atoms with E-state index >= 15 is 0 Å². The summed E-state index contributed by atoms with van der Waals surface area (Å²) in [6, 6.07) is 18.2. The fourth-order valence-corrected chi connectivity index (χ4v) is 3.57. The van der Waals surface area contributed by atoms with E-state index in [0.29, 0.717) is 28.7 Å². The molecule has 0 saturated carbocycles. The number of aromatic nitrogens is 2. The van der Waals surface area contributed by atoms with E-state index < -0.39 is 11.4 Å². The Labute approximate surface area is 180 Å². The van der Waals surface area contributed by atoms with E-state index in [1.165, 1.54) is 22.8 Å². The van der Waals surface area contributed by atoms with Crippen LogP contribution < -0.4 is 10.9 Å². The topological polar surface area (TPSA) is 66.9 Å². The number of nitrogens with zero attached hydrogens (tertiary/aromatic N) is 1. The minimum absolute atomic E-state index is 0.108. The molecule has 0 bridgehead atoms. The molecule has 0 saturated heterocycles. The highest BCUT2D eigenvalue weighted by Crippen LogP contribution is 2.19. The maximum absolute atomic E-state index is 13.5. The molecule has 0 atom stereocenters. The second kappa shape index (κ2) is 8.22. The van der Waals surface area contributed by atoms with Gasteiger partial charge in [-0.15, -0.1) is 0 Å². The Balaban J connectivity index is 1.69. The van der Waals surface area contributed by atoms with Crippen LogP contribution in [0, 0.1) is 10.6 Å². The van der Waals surface area contributed by atoms with Gasteiger partial charge in [0.05, 0.1) is 21.6 Å². The highest BCUT2D eigenvalue weighted by Gasteiger charge is 2.12. The van der Waals surface area contributed by atoms with Crippen molar-refractivity contribution in [1.82, 2.24) is 14.9 Å². The number of benzene rings is 3. The highest BCUT2D eigenvalue weighted by molar-refractivity contribution is 7.71. The number of fused-ring (bicyclic) bond motifs is 1. The van der Waals surface area contributed by atoms with Gasteiger partial charge in [-0.3, -0.25) is 14.2 Å². The van der Waals surface area contributed by atoms with Gasteiger partial charge in [0, 0.05) is 12.1 Å². The average Bonchev–Trinajstić information content (AvgIpc) is 2.75. The maximum atomic E-state index is 13.5. The van der Waals surface area contributed by atoms with Crippen molar-refractivity contribution in [2.75, 3.05) is 0 Å². The second-order valence-corrected chi connectivity index (χ2v) is 7.39. The fraction of sp³-hybridized carbons (Fsp3) is 0.0455. The third-order valence-corrected chi connectivity index (χ3v) is 5.19. The predicted molar refractivity (Wildman–Crippen MR) is 117 cm³/mol. The quantitative estimate of drug-likeness (QED) is 0.450. The molecular weight excluding hydrogens is 425 g/mol. The van der Waals surface area contributed by atoms with Crippen molar-refractivity contribution in [1.29, 1.82) is 0 Å². The first kappa shape index (κ1) is 20.0. The first-order chi connectivity index (χ1) is 14.4. The van der Waals surface area contributed by atoms with Gasteiger partial charge in [-0.05, 0) is 54.2 Å². The van der Waals surface area contributed by atoms with Crippen molar-refractivity contribution in [2.24, 2.45) is 0 Å². The number of carbonyl (C=O) groups excluding carboxylic acids is 1. The van der Waals surface area contributed by atoms with Crippen LogP contribution in [0.5, 0.6) is 0 Å².